The molecule has 0 unspecified atom stereocenters. The monoisotopic (exact) mass is 355 g/mol. The summed E-state index contributed by atoms with van der Waals surface area (Å²) in [5.41, 5.74) is -1.48. The zero-order valence-corrected chi connectivity index (χ0v) is 15.8. The van der Waals surface area contributed by atoms with Crippen molar-refractivity contribution in [3.05, 3.63) is 29.6 Å². The average Bonchev–Trinajstić information content (AvgIpc) is 2.41. The molecular formula is C18H26FNO5. The number of hydrogen-bond donors (Lipinski definition) is 0. The van der Waals surface area contributed by atoms with Gasteiger partial charge >= 0.3 is 12.2 Å². The van der Waals surface area contributed by atoms with Crippen molar-refractivity contribution in [2.75, 3.05) is 7.11 Å². The molecule has 6 nitrogen and oxygen atoms in total. The van der Waals surface area contributed by atoms with Crippen LogP contribution in [-0.2, 0) is 16.0 Å². The van der Waals surface area contributed by atoms with Crippen LogP contribution in [0.4, 0.5) is 14.0 Å². The lowest BCUT2D eigenvalue weighted by Crippen LogP contribution is -2.43. The lowest BCUT2D eigenvalue weighted by atomic mass is 10.2. The first-order valence-electron chi connectivity index (χ1n) is 7.88. The molecule has 1 aromatic rings. The van der Waals surface area contributed by atoms with Gasteiger partial charge in [0.15, 0.2) is 0 Å². The molecule has 2 amide bonds. The van der Waals surface area contributed by atoms with Crippen molar-refractivity contribution >= 4 is 12.2 Å². The minimum Gasteiger partial charge on any atom is -0.497 e. The summed E-state index contributed by atoms with van der Waals surface area (Å²) in [7, 11) is 1.42. The summed E-state index contributed by atoms with van der Waals surface area (Å²) >= 11 is 0. The maximum atomic E-state index is 14.2. The van der Waals surface area contributed by atoms with Gasteiger partial charge in [-0.2, -0.15) is 0 Å². The van der Waals surface area contributed by atoms with E-state index >= 15 is 0 Å². The van der Waals surface area contributed by atoms with E-state index in [1.165, 1.54) is 19.2 Å². The van der Waals surface area contributed by atoms with Gasteiger partial charge in [-0.15, -0.1) is 0 Å². The minimum absolute atomic E-state index is 0.137. The summed E-state index contributed by atoms with van der Waals surface area (Å²) in [5, 5.41) is 0. The Morgan fingerprint density at radius 3 is 1.84 bits per heavy atom. The first-order chi connectivity index (χ1) is 11.3. The zero-order valence-electron chi connectivity index (χ0n) is 15.8. The number of nitrogens with zero attached hydrogens (tertiary/aromatic N) is 1. The zero-order chi connectivity index (χ0) is 19.4. The Bertz CT molecular complexity index is 603. The molecule has 0 heterocycles. The summed E-state index contributed by atoms with van der Waals surface area (Å²) in [5.74, 6) is -0.265. The highest BCUT2D eigenvalue weighted by Gasteiger charge is 2.31. The van der Waals surface area contributed by atoms with Crippen LogP contribution >= 0.6 is 0 Å². The summed E-state index contributed by atoms with van der Waals surface area (Å²) in [6, 6.07) is 4.16. The van der Waals surface area contributed by atoms with Crippen molar-refractivity contribution in [3.8, 4) is 5.75 Å². The van der Waals surface area contributed by atoms with E-state index in [0.717, 1.165) is 4.90 Å². The van der Waals surface area contributed by atoms with Crippen LogP contribution < -0.4 is 4.74 Å². The third-order valence-electron chi connectivity index (χ3n) is 2.82. The van der Waals surface area contributed by atoms with Crippen molar-refractivity contribution in [2.24, 2.45) is 0 Å². The van der Waals surface area contributed by atoms with Crippen molar-refractivity contribution in [1.82, 2.24) is 4.90 Å². The Labute approximate surface area is 147 Å². The van der Waals surface area contributed by atoms with Crippen LogP contribution in [-0.4, -0.2) is 35.4 Å². The number of methoxy groups -OCH3 is 1. The molecule has 0 spiro atoms. The second kappa shape index (κ2) is 7.72. The van der Waals surface area contributed by atoms with Gasteiger partial charge in [0.1, 0.15) is 22.8 Å². The summed E-state index contributed by atoms with van der Waals surface area (Å²) in [6.45, 7) is 9.72. The van der Waals surface area contributed by atoms with Crippen molar-refractivity contribution < 1.29 is 28.2 Å². The number of ether oxygens (including phenoxy) is 3. The summed E-state index contributed by atoms with van der Waals surface area (Å²) in [6.07, 6.45) is -1.81. The number of amides is 2. The SMILES string of the molecule is COc1ccc(CN(C(=O)OC(C)(C)C)C(=O)OC(C)(C)C)c(F)c1. The Balaban J connectivity index is 3.09. The fourth-order valence-corrected chi connectivity index (χ4v) is 1.79. The highest BCUT2D eigenvalue weighted by Crippen LogP contribution is 2.21. The molecule has 0 aliphatic carbocycles. The molecule has 0 aliphatic rings. The normalized spacial score (nSPS) is 11.7. The van der Waals surface area contributed by atoms with Gasteiger partial charge < -0.3 is 14.2 Å². The predicted molar refractivity (Wildman–Crippen MR) is 91.0 cm³/mol. The lowest BCUT2D eigenvalue weighted by molar-refractivity contribution is -0.000386. The number of rotatable bonds is 3. The fourth-order valence-electron chi connectivity index (χ4n) is 1.79. The predicted octanol–water partition coefficient (Wildman–Crippen LogP) is 4.51. The highest BCUT2D eigenvalue weighted by molar-refractivity contribution is 5.88. The molecule has 1 aromatic carbocycles. The maximum absolute atomic E-state index is 14.2. The molecule has 0 saturated heterocycles. The number of hydrogen-bond acceptors (Lipinski definition) is 5. The van der Waals surface area contributed by atoms with Gasteiger partial charge in [0.25, 0.3) is 0 Å². The molecule has 0 aliphatic heterocycles. The molecule has 0 atom stereocenters. The van der Waals surface area contributed by atoms with Gasteiger partial charge in [-0.1, -0.05) is 6.07 Å². The number of halogens is 1. The van der Waals surface area contributed by atoms with E-state index in [-0.39, 0.29) is 12.1 Å². The van der Waals surface area contributed by atoms with Crippen LogP contribution in [0.1, 0.15) is 47.1 Å². The Morgan fingerprint density at radius 2 is 1.48 bits per heavy atom. The molecule has 25 heavy (non-hydrogen) atoms. The van der Waals surface area contributed by atoms with E-state index in [4.69, 9.17) is 14.2 Å². The van der Waals surface area contributed by atoms with E-state index in [9.17, 15) is 14.0 Å². The van der Waals surface area contributed by atoms with E-state index < -0.39 is 29.2 Å². The standard InChI is InChI=1S/C18H26FNO5/c1-17(2,3)24-15(21)20(16(22)25-18(4,5)6)11-12-8-9-13(23-7)10-14(12)19/h8-10H,11H2,1-7H3. The third-order valence-corrected chi connectivity index (χ3v) is 2.82. The van der Waals surface area contributed by atoms with E-state index in [2.05, 4.69) is 0 Å². The van der Waals surface area contributed by atoms with Gasteiger partial charge in [-0.3, -0.25) is 0 Å². The molecule has 0 saturated carbocycles. The van der Waals surface area contributed by atoms with Crippen molar-refractivity contribution in [1.29, 1.82) is 0 Å². The molecule has 140 valence electrons. The highest BCUT2D eigenvalue weighted by atomic mass is 19.1. The van der Waals surface area contributed by atoms with Crippen LogP contribution in [0.3, 0.4) is 0 Å². The van der Waals surface area contributed by atoms with Crippen molar-refractivity contribution in [3.63, 3.8) is 0 Å². The van der Waals surface area contributed by atoms with E-state index in [1.807, 2.05) is 0 Å². The summed E-state index contributed by atoms with van der Waals surface area (Å²) < 4.78 is 29.6. The second-order valence-corrected chi connectivity index (χ2v) is 7.50. The topological polar surface area (TPSA) is 65.1 Å². The Hall–Kier alpha value is -2.31. The van der Waals surface area contributed by atoms with Gasteiger partial charge in [0, 0.05) is 11.6 Å². The number of benzene rings is 1. The molecule has 0 radical (unpaired) electrons. The molecule has 0 fully saturated rings. The van der Waals surface area contributed by atoms with Gasteiger partial charge in [0.05, 0.1) is 13.7 Å². The second-order valence-electron chi connectivity index (χ2n) is 7.50. The minimum atomic E-state index is -0.906. The number of imide groups is 1. The Kier molecular flexibility index (Phi) is 6.40. The lowest BCUT2D eigenvalue weighted by Gasteiger charge is -2.28. The van der Waals surface area contributed by atoms with Crippen LogP contribution in [0.15, 0.2) is 18.2 Å². The van der Waals surface area contributed by atoms with Gasteiger partial charge in [-0.05, 0) is 47.6 Å². The van der Waals surface area contributed by atoms with Crippen LogP contribution in [0.5, 0.6) is 5.75 Å². The Morgan fingerprint density at radius 1 is 1.00 bits per heavy atom. The first-order valence-corrected chi connectivity index (χ1v) is 7.88. The van der Waals surface area contributed by atoms with E-state index in [0.29, 0.717) is 5.75 Å². The number of carbonyl (C=O) groups is 2. The van der Waals surface area contributed by atoms with E-state index in [1.54, 1.807) is 47.6 Å². The quantitative estimate of drug-likeness (QED) is 0.798. The first kappa shape index (κ1) is 20.7. The molecule has 0 N–H and O–H groups in total. The third kappa shape index (κ3) is 6.99. The molecule has 1 rings (SSSR count). The largest absolute Gasteiger partial charge is 0.497 e. The van der Waals surface area contributed by atoms with Gasteiger partial charge in [-0.25, -0.2) is 18.9 Å². The smallest absolute Gasteiger partial charge is 0.420 e. The molecule has 0 bridgehead atoms. The average molecular weight is 355 g/mol. The van der Waals surface area contributed by atoms with Gasteiger partial charge in [0.2, 0.25) is 0 Å². The van der Waals surface area contributed by atoms with Crippen LogP contribution in [0.25, 0.3) is 0 Å². The summed E-state index contributed by atoms with van der Waals surface area (Å²) in [4.78, 5) is 25.5. The van der Waals surface area contributed by atoms with Crippen LogP contribution in [0.2, 0.25) is 0 Å². The number of carbonyl (C=O) groups excluding carboxylic acids is 2. The van der Waals surface area contributed by atoms with Crippen molar-refractivity contribution in [2.45, 2.75) is 59.3 Å². The maximum Gasteiger partial charge on any atom is 0.420 e. The molecular weight excluding hydrogens is 329 g/mol. The fraction of sp³-hybridized carbons (Fsp3) is 0.556. The van der Waals surface area contributed by atoms with Crippen LogP contribution in [0, 0.1) is 5.82 Å². The molecule has 7 heteroatoms. The molecule has 0 aromatic heterocycles.